The number of halogens is 1. The van der Waals surface area contributed by atoms with Gasteiger partial charge in [0.05, 0.1) is 25.2 Å². The van der Waals surface area contributed by atoms with Crippen LogP contribution in [0.3, 0.4) is 0 Å². The molecule has 0 spiro atoms. The Labute approximate surface area is 193 Å². The third kappa shape index (κ3) is 5.28. The number of rotatable bonds is 8. The van der Waals surface area contributed by atoms with Crippen molar-refractivity contribution in [1.29, 1.82) is 5.26 Å². The highest BCUT2D eigenvalue weighted by Crippen LogP contribution is 2.33. The standard InChI is InChI=1S/C22H25N7O2.ClH/c1-3-29-8-4-5-16(29)14-31-17-6-7-18(20(9-17)30-2)19-10-21(28-27-19)26-22-13-24-15(11-23)12-25-22;/h6-7,9-10,12-13,16H,3-5,8,14H2,1-2H3,(H2,25,26,27,28);1H/t16-;/m1./s1. The van der Waals surface area contributed by atoms with E-state index in [1.807, 2.05) is 30.3 Å². The number of benzene rings is 1. The third-order valence-corrected chi connectivity index (χ3v) is 5.41. The SMILES string of the molecule is CCN1CCC[C@@H]1COc1ccc(-c2cc(Nc3cnc(C#N)cn3)n[nH]2)c(OC)c1.Cl. The van der Waals surface area contributed by atoms with E-state index in [-0.39, 0.29) is 18.1 Å². The summed E-state index contributed by atoms with van der Waals surface area (Å²) in [5.74, 6) is 2.57. The first-order valence-corrected chi connectivity index (χ1v) is 10.3. The van der Waals surface area contributed by atoms with E-state index in [1.165, 1.54) is 25.2 Å². The van der Waals surface area contributed by atoms with Crippen molar-refractivity contribution in [3.05, 3.63) is 42.4 Å². The molecule has 0 amide bonds. The van der Waals surface area contributed by atoms with Gasteiger partial charge in [0, 0.05) is 23.7 Å². The molecule has 1 atom stereocenters. The van der Waals surface area contributed by atoms with Crippen LogP contribution in [-0.4, -0.2) is 57.9 Å². The first-order valence-electron chi connectivity index (χ1n) is 10.3. The van der Waals surface area contributed by atoms with Crippen molar-refractivity contribution in [3.63, 3.8) is 0 Å². The van der Waals surface area contributed by atoms with Gasteiger partial charge in [-0.1, -0.05) is 6.92 Å². The van der Waals surface area contributed by atoms with Gasteiger partial charge in [-0.25, -0.2) is 9.97 Å². The average Bonchev–Trinajstić information content (AvgIpc) is 3.47. The Morgan fingerprint density at radius 3 is 2.84 bits per heavy atom. The summed E-state index contributed by atoms with van der Waals surface area (Å²) in [6, 6.07) is 10.1. The normalized spacial score (nSPS) is 15.6. The fraction of sp³-hybridized carbons (Fsp3) is 0.364. The summed E-state index contributed by atoms with van der Waals surface area (Å²) in [4.78, 5) is 10.6. The van der Waals surface area contributed by atoms with Crippen molar-refractivity contribution in [3.8, 4) is 28.8 Å². The highest BCUT2D eigenvalue weighted by Gasteiger charge is 2.23. The zero-order valence-corrected chi connectivity index (χ0v) is 18.9. The van der Waals surface area contributed by atoms with Crippen molar-refractivity contribution in [1.82, 2.24) is 25.1 Å². The van der Waals surface area contributed by atoms with Gasteiger partial charge in [-0.3, -0.25) is 10.00 Å². The molecule has 1 aromatic carbocycles. The van der Waals surface area contributed by atoms with Gasteiger partial charge in [0.1, 0.15) is 30.0 Å². The van der Waals surface area contributed by atoms with E-state index in [1.54, 1.807) is 7.11 Å². The smallest absolute Gasteiger partial charge is 0.158 e. The van der Waals surface area contributed by atoms with Crippen LogP contribution >= 0.6 is 12.4 Å². The molecule has 0 saturated carbocycles. The number of hydrogen-bond acceptors (Lipinski definition) is 8. The topological polar surface area (TPSA) is 112 Å². The largest absolute Gasteiger partial charge is 0.496 e. The molecule has 0 bridgehead atoms. The van der Waals surface area contributed by atoms with Gasteiger partial charge in [-0.2, -0.15) is 10.4 Å². The number of ether oxygens (including phenoxy) is 2. The first-order chi connectivity index (χ1) is 15.2. The van der Waals surface area contributed by atoms with E-state index >= 15 is 0 Å². The molecule has 4 rings (SSSR count). The number of likely N-dealkylation sites (tertiary alicyclic amines) is 1. The van der Waals surface area contributed by atoms with Gasteiger partial charge in [0.15, 0.2) is 11.5 Å². The average molecular weight is 456 g/mol. The van der Waals surface area contributed by atoms with Crippen LogP contribution in [0.5, 0.6) is 11.5 Å². The maximum atomic E-state index is 8.82. The summed E-state index contributed by atoms with van der Waals surface area (Å²) in [7, 11) is 1.64. The molecule has 2 N–H and O–H groups in total. The van der Waals surface area contributed by atoms with Gasteiger partial charge in [-0.15, -0.1) is 12.4 Å². The summed E-state index contributed by atoms with van der Waals surface area (Å²) >= 11 is 0. The highest BCUT2D eigenvalue weighted by molar-refractivity contribution is 5.85. The zero-order chi connectivity index (χ0) is 21.6. The minimum absolute atomic E-state index is 0. The van der Waals surface area contributed by atoms with Crippen LogP contribution in [0.2, 0.25) is 0 Å². The lowest BCUT2D eigenvalue weighted by molar-refractivity contribution is 0.178. The number of anilines is 2. The molecule has 3 aromatic rings. The lowest BCUT2D eigenvalue weighted by Gasteiger charge is -2.23. The number of methoxy groups -OCH3 is 1. The number of hydrogen-bond donors (Lipinski definition) is 2. The summed E-state index contributed by atoms with van der Waals surface area (Å²) in [6.07, 6.45) is 5.30. The molecule has 1 saturated heterocycles. The number of aromatic nitrogens is 4. The molecule has 0 unspecified atom stereocenters. The summed E-state index contributed by atoms with van der Waals surface area (Å²) in [6.45, 7) is 5.08. The van der Waals surface area contributed by atoms with Crippen LogP contribution in [0, 0.1) is 11.3 Å². The van der Waals surface area contributed by atoms with Gasteiger partial charge >= 0.3 is 0 Å². The van der Waals surface area contributed by atoms with Crippen molar-refractivity contribution in [2.45, 2.75) is 25.8 Å². The Morgan fingerprint density at radius 2 is 2.12 bits per heavy atom. The Kier molecular flexibility index (Phi) is 7.87. The van der Waals surface area contributed by atoms with Gasteiger partial charge in [0.2, 0.25) is 0 Å². The molecule has 32 heavy (non-hydrogen) atoms. The maximum Gasteiger partial charge on any atom is 0.158 e. The van der Waals surface area contributed by atoms with Gasteiger partial charge < -0.3 is 14.8 Å². The van der Waals surface area contributed by atoms with Crippen LogP contribution in [0.4, 0.5) is 11.6 Å². The van der Waals surface area contributed by atoms with Gasteiger partial charge in [-0.05, 0) is 38.1 Å². The third-order valence-electron chi connectivity index (χ3n) is 5.41. The fourth-order valence-corrected chi connectivity index (χ4v) is 3.78. The fourth-order valence-electron chi connectivity index (χ4n) is 3.78. The molecular weight excluding hydrogens is 430 g/mol. The molecule has 9 nitrogen and oxygen atoms in total. The van der Waals surface area contributed by atoms with Gasteiger partial charge in [0.25, 0.3) is 0 Å². The van der Waals surface area contributed by atoms with Crippen LogP contribution in [0.15, 0.2) is 36.7 Å². The second-order valence-electron chi connectivity index (χ2n) is 7.29. The quantitative estimate of drug-likeness (QED) is 0.527. The molecule has 10 heteroatoms. The van der Waals surface area contributed by atoms with Crippen molar-refractivity contribution in [2.24, 2.45) is 0 Å². The number of nitrogens with zero attached hydrogens (tertiary/aromatic N) is 5. The molecule has 3 heterocycles. The van der Waals surface area contributed by atoms with Crippen LogP contribution in [0.25, 0.3) is 11.3 Å². The van der Waals surface area contributed by atoms with E-state index in [4.69, 9.17) is 14.7 Å². The minimum atomic E-state index is 0. The molecule has 1 aliphatic rings. The van der Waals surface area contributed by atoms with E-state index in [0.717, 1.165) is 30.1 Å². The van der Waals surface area contributed by atoms with E-state index in [2.05, 4.69) is 37.3 Å². The molecule has 1 aliphatic heterocycles. The van der Waals surface area contributed by atoms with Crippen LogP contribution in [-0.2, 0) is 0 Å². The van der Waals surface area contributed by atoms with E-state index in [9.17, 15) is 0 Å². The Bertz CT molecular complexity index is 1060. The first kappa shape index (κ1) is 23.3. The molecule has 0 aliphatic carbocycles. The number of nitriles is 1. The van der Waals surface area contributed by atoms with Crippen molar-refractivity contribution < 1.29 is 9.47 Å². The molecule has 168 valence electrons. The number of aromatic amines is 1. The number of nitrogens with one attached hydrogen (secondary N) is 2. The predicted octanol–water partition coefficient (Wildman–Crippen LogP) is 3.78. The van der Waals surface area contributed by atoms with Crippen LogP contribution < -0.4 is 14.8 Å². The molecule has 1 fully saturated rings. The zero-order valence-electron chi connectivity index (χ0n) is 18.0. The molecule has 2 aromatic heterocycles. The Morgan fingerprint density at radius 1 is 1.25 bits per heavy atom. The minimum Gasteiger partial charge on any atom is -0.496 e. The molecule has 0 radical (unpaired) electrons. The maximum absolute atomic E-state index is 8.82. The Balaban J connectivity index is 0.00000289. The number of H-pyrrole nitrogens is 1. The Hall–Kier alpha value is -3.35. The number of likely N-dealkylation sites (N-methyl/N-ethyl adjacent to an activating group) is 1. The molecular formula is C22H26ClN7O2. The van der Waals surface area contributed by atoms with Crippen molar-refractivity contribution >= 4 is 24.0 Å². The lowest BCUT2D eigenvalue weighted by Crippen LogP contribution is -2.33. The summed E-state index contributed by atoms with van der Waals surface area (Å²) < 4.78 is 11.7. The highest BCUT2D eigenvalue weighted by atomic mass is 35.5. The second kappa shape index (κ2) is 10.8. The van der Waals surface area contributed by atoms with E-state index in [0.29, 0.717) is 30.0 Å². The predicted molar refractivity (Wildman–Crippen MR) is 124 cm³/mol. The summed E-state index contributed by atoms with van der Waals surface area (Å²) in [5.41, 5.74) is 1.92. The monoisotopic (exact) mass is 455 g/mol. The van der Waals surface area contributed by atoms with Crippen molar-refractivity contribution in [2.75, 3.05) is 32.1 Å². The second-order valence-corrected chi connectivity index (χ2v) is 7.29. The van der Waals surface area contributed by atoms with E-state index < -0.39 is 0 Å². The van der Waals surface area contributed by atoms with Crippen LogP contribution in [0.1, 0.15) is 25.5 Å². The lowest BCUT2D eigenvalue weighted by atomic mass is 10.1. The summed E-state index contributed by atoms with van der Waals surface area (Å²) in [5, 5.41) is 19.2.